The Morgan fingerprint density at radius 3 is 2.00 bits per heavy atom. The second-order valence-corrected chi connectivity index (χ2v) is 7.02. The third-order valence-corrected chi connectivity index (χ3v) is 4.44. The summed E-state index contributed by atoms with van der Waals surface area (Å²) in [7, 11) is 0. The average Bonchev–Trinajstić information content (AvgIpc) is 3.09. The fourth-order valence-electron chi connectivity index (χ4n) is 2.87. The molecule has 4 nitrogen and oxygen atoms in total. The van der Waals surface area contributed by atoms with Crippen LogP contribution >= 0.6 is 24.8 Å². The second kappa shape index (κ2) is 7.73. The fourth-order valence-corrected chi connectivity index (χ4v) is 3.24. The molecule has 1 aromatic heterocycles. The molecule has 0 aliphatic heterocycles. The molecule has 3 aromatic carbocycles. The molecule has 4 rings (SSSR count). The van der Waals surface area contributed by atoms with E-state index in [1.165, 1.54) is 0 Å². The standard InChI is InChI=1S/C21H16N4S2/c26-20(27)19-24(17-12-6-2-7-13-17)21(22-16-10-4-1-5-11-16)23-25(19)18-14-8-3-9-15-18/h1-15H,(H-,22,23,26,27)/p+1. The molecule has 0 unspecified atom stereocenters. The van der Waals surface area contributed by atoms with Crippen molar-refractivity contribution < 1.29 is 4.57 Å². The van der Waals surface area contributed by atoms with Gasteiger partial charge in [0.25, 0.3) is 5.82 Å². The first-order chi connectivity index (χ1) is 13.2. The van der Waals surface area contributed by atoms with Gasteiger partial charge in [-0.3, -0.25) is 5.32 Å². The monoisotopic (exact) mass is 389 g/mol. The molecule has 27 heavy (non-hydrogen) atoms. The molecule has 0 aliphatic carbocycles. The highest BCUT2D eigenvalue weighted by atomic mass is 32.1. The summed E-state index contributed by atoms with van der Waals surface area (Å²) in [5.41, 5.74) is 2.80. The highest BCUT2D eigenvalue weighted by Gasteiger charge is 2.29. The Kier molecular flexibility index (Phi) is 5.00. The molecule has 0 spiro atoms. The van der Waals surface area contributed by atoms with Gasteiger partial charge in [0.1, 0.15) is 9.88 Å². The molecule has 0 saturated carbocycles. The number of nitrogens with one attached hydrogen (secondary N) is 1. The number of benzene rings is 3. The normalized spacial score (nSPS) is 10.6. The topological polar surface area (TPSA) is 33.7 Å². The van der Waals surface area contributed by atoms with E-state index in [-0.39, 0.29) is 0 Å². The Labute approximate surface area is 168 Å². The van der Waals surface area contributed by atoms with Gasteiger partial charge in [0.15, 0.2) is 0 Å². The van der Waals surface area contributed by atoms with Crippen LogP contribution in [-0.4, -0.2) is 14.0 Å². The number of rotatable bonds is 5. The predicted octanol–water partition coefficient (Wildman–Crippen LogP) is 4.50. The molecule has 0 amide bonds. The van der Waals surface area contributed by atoms with Crippen LogP contribution in [0.2, 0.25) is 0 Å². The molecule has 0 radical (unpaired) electrons. The number of thiocarbonyl (C=S) groups is 1. The van der Waals surface area contributed by atoms with Crippen molar-refractivity contribution in [1.82, 2.24) is 9.78 Å². The number of nitrogens with zero attached hydrogens (tertiary/aromatic N) is 3. The Hall–Kier alpha value is -2.96. The van der Waals surface area contributed by atoms with E-state index in [1.807, 2.05) is 100 Å². The Morgan fingerprint density at radius 1 is 0.852 bits per heavy atom. The molecule has 0 bridgehead atoms. The van der Waals surface area contributed by atoms with Crippen molar-refractivity contribution in [3.8, 4) is 11.4 Å². The molecule has 0 aliphatic rings. The summed E-state index contributed by atoms with van der Waals surface area (Å²) in [6, 6.07) is 29.8. The zero-order valence-electron chi connectivity index (χ0n) is 14.4. The van der Waals surface area contributed by atoms with Gasteiger partial charge >= 0.3 is 5.95 Å². The first-order valence-corrected chi connectivity index (χ1v) is 9.31. The van der Waals surface area contributed by atoms with Crippen LogP contribution in [0.5, 0.6) is 0 Å². The zero-order valence-corrected chi connectivity index (χ0v) is 16.1. The first-order valence-electron chi connectivity index (χ1n) is 8.45. The molecule has 6 heteroatoms. The van der Waals surface area contributed by atoms with E-state index in [9.17, 15) is 0 Å². The number of hydrogen-bond acceptors (Lipinski definition) is 3. The quantitative estimate of drug-likeness (QED) is 0.300. The maximum Gasteiger partial charge on any atom is 0.388 e. The lowest BCUT2D eigenvalue weighted by atomic mass is 10.3. The van der Waals surface area contributed by atoms with Crippen LogP contribution in [0, 0.1) is 0 Å². The lowest BCUT2D eigenvalue weighted by molar-refractivity contribution is -0.582. The Bertz CT molecular complexity index is 1060. The summed E-state index contributed by atoms with van der Waals surface area (Å²) in [4.78, 5) is 0. The fraction of sp³-hybridized carbons (Fsp3) is 0. The van der Waals surface area contributed by atoms with E-state index < -0.39 is 0 Å². The molecular weight excluding hydrogens is 372 g/mol. The Balaban J connectivity index is 1.95. The summed E-state index contributed by atoms with van der Waals surface area (Å²) >= 11 is 9.96. The van der Waals surface area contributed by atoms with Crippen molar-refractivity contribution in [2.45, 2.75) is 0 Å². The minimum atomic E-state index is 0.455. The minimum Gasteiger partial charge on any atom is -0.260 e. The van der Waals surface area contributed by atoms with Gasteiger partial charge in [-0.1, -0.05) is 66.8 Å². The molecule has 1 N–H and O–H groups in total. The average molecular weight is 390 g/mol. The van der Waals surface area contributed by atoms with E-state index in [1.54, 1.807) is 0 Å². The third kappa shape index (κ3) is 3.63. The lowest BCUT2D eigenvalue weighted by Gasteiger charge is -2.06. The lowest BCUT2D eigenvalue weighted by Crippen LogP contribution is -2.38. The van der Waals surface area contributed by atoms with Gasteiger partial charge in [-0.05, 0) is 36.4 Å². The molecule has 0 saturated heterocycles. The molecule has 132 valence electrons. The van der Waals surface area contributed by atoms with Gasteiger partial charge in [-0.15, -0.1) is 17.3 Å². The highest BCUT2D eigenvalue weighted by molar-refractivity contribution is 8.11. The van der Waals surface area contributed by atoms with Crippen molar-refractivity contribution >= 4 is 40.7 Å². The summed E-state index contributed by atoms with van der Waals surface area (Å²) < 4.78 is 4.25. The summed E-state index contributed by atoms with van der Waals surface area (Å²) in [6.07, 6.45) is 0. The molecule has 0 fully saturated rings. The van der Waals surface area contributed by atoms with Crippen molar-refractivity contribution in [1.29, 1.82) is 0 Å². The number of anilines is 2. The van der Waals surface area contributed by atoms with Crippen LogP contribution in [0.3, 0.4) is 0 Å². The van der Waals surface area contributed by atoms with Gasteiger partial charge in [0, 0.05) is 5.10 Å². The molecule has 4 aromatic rings. The van der Waals surface area contributed by atoms with Gasteiger partial charge in [0.05, 0.1) is 11.4 Å². The van der Waals surface area contributed by atoms with E-state index in [4.69, 9.17) is 17.3 Å². The highest BCUT2D eigenvalue weighted by Crippen LogP contribution is 2.19. The first kappa shape index (κ1) is 17.5. The van der Waals surface area contributed by atoms with Gasteiger partial charge < -0.3 is 0 Å². The van der Waals surface area contributed by atoms with Crippen molar-refractivity contribution in [2.75, 3.05) is 5.32 Å². The summed E-state index contributed by atoms with van der Waals surface area (Å²) in [5, 5.41) is 8.20. The SMILES string of the molecule is S=C(S)c1n(-c2ccccc2)nc(Nc2ccccc2)[n+]1-c1ccccc1. The van der Waals surface area contributed by atoms with Gasteiger partial charge in [-0.2, -0.15) is 4.57 Å². The van der Waals surface area contributed by atoms with Crippen molar-refractivity contribution in [3.63, 3.8) is 0 Å². The van der Waals surface area contributed by atoms with Crippen LogP contribution in [-0.2, 0) is 0 Å². The van der Waals surface area contributed by atoms with E-state index in [2.05, 4.69) is 17.9 Å². The Morgan fingerprint density at radius 2 is 1.41 bits per heavy atom. The maximum absolute atomic E-state index is 5.47. The number of aromatic nitrogens is 3. The predicted molar refractivity (Wildman–Crippen MR) is 116 cm³/mol. The maximum atomic E-state index is 5.47. The van der Waals surface area contributed by atoms with Gasteiger partial charge in [-0.25, -0.2) is 0 Å². The molecule has 1 heterocycles. The van der Waals surface area contributed by atoms with E-state index >= 15 is 0 Å². The number of thiol groups is 1. The van der Waals surface area contributed by atoms with E-state index in [0.29, 0.717) is 16.0 Å². The van der Waals surface area contributed by atoms with Crippen LogP contribution in [0.15, 0.2) is 91.0 Å². The van der Waals surface area contributed by atoms with Crippen molar-refractivity contribution in [3.05, 3.63) is 96.8 Å². The molecule has 0 atom stereocenters. The van der Waals surface area contributed by atoms with Crippen LogP contribution in [0.1, 0.15) is 5.82 Å². The van der Waals surface area contributed by atoms with E-state index in [0.717, 1.165) is 17.1 Å². The smallest absolute Gasteiger partial charge is 0.260 e. The third-order valence-electron chi connectivity index (χ3n) is 4.06. The number of para-hydroxylation sites is 3. The second-order valence-electron chi connectivity index (χ2n) is 5.86. The summed E-state index contributed by atoms with van der Waals surface area (Å²) in [5.74, 6) is 1.37. The largest absolute Gasteiger partial charge is 0.388 e. The zero-order chi connectivity index (χ0) is 18.6. The number of hydrogen-bond donors (Lipinski definition) is 2. The van der Waals surface area contributed by atoms with Gasteiger partial charge in [0.2, 0.25) is 0 Å². The van der Waals surface area contributed by atoms with Crippen molar-refractivity contribution in [2.24, 2.45) is 0 Å². The van der Waals surface area contributed by atoms with Crippen LogP contribution in [0.4, 0.5) is 11.6 Å². The van der Waals surface area contributed by atoms with Crippen LogP contribution < -0.4 is 9.88 Å². The summed E-state index contributed by atoms with van der Waals surface area (Å²) in [6.45, 7) is 0. The molecular formula is C21H17N4S2+. The van der Waals surface area contributed by atoms with Crippen LogP contribution in [0.25, 0.3) is 11.4 Å². The minimum absolute atomic E-state index is 0.455.